The Morgan fingerprint density at radius 1 is 1.05 bits per heavy atom. The van der Waals surface area contributed by atoms with Gasteiger partial charge in [-0.15, -0.1) is 0 Å². The number of amides is 2. The Morgan fingerprint density at radius 3 is 2.20 bits per heavy atom. The molecule has 1 aliphatic heterocycles. The highest BCUT2D eigenvalue weighted by Crippen LogP contribution is 2.25. The second kappa shape index (κ2) is 7.65. The zero-order valence-corrected chi connectivity index (χ0v) is 13.5. The Morgan fingerprint density at radius 2 is 1.65 bits per heavy atom. The van der Waals surface area contributed by atoms with E-state index in [9.17, 15) is 9.59 Å². The van der Waals surface area contributed by atoms with Crippen molar-refractivity contribution < 1.29 is 9.59 Å². The van der Waals surface area contributed by atoms with Crippen molar-refractivity contribution in [2.24, 2.45) is 0 Å². The van der Waals surface area contributed by atoms with E-state index in [1.165, 1.54) is 19.3 Å². The van der Waals surface area contributed by atoms with Gasteiger partial charge in [-0.2, -0.15) is 0 Å². The molecule has 4 heteroatoms. The molecule has 1 rings (SSSR count). The fourth-order valence-corrected chi connectivity index (χ4v) is 2.90. The van der Waals surface area contributed by atoms with Crippen molar-refractivity contribution in [2.45, 2.75) is 84.2 Å². The Kier molecular flexibility index (Phi) is 6.50. The van der Waals surface area contributed by atoms with Gasteiger partial charge in [0.2, 0.25) is 11.8 Å². The Labute approximate surface area is 123 Å². The van der Waals surface area contributed by atoms with Gasteiger partial charge >= 0.3 is 0 Å². The molecule has 0 radical (unpaired) electrons. The third-order valence-electron chi connectivity index (χ3n) is 4.59. The van der Waals surface area contributed by atoms with Crippen molar-refractivity contribution in [2.75, 3.05) is 6.54 Å². The van der Waals surface area contributed by atoms with Crippen LogP contribution in [0.5, 0.6) is 0 Å². The van der Waals surface area contributed by atoms with Crippen LogP contribution in [0.3, 0.4) is 0 Å². The quantitative estimate of drug-likeness (QED) is 0.696. The van der Waals surface area contributed by atoms with E-state index in [-0.39, 0.29) is 17.9 Å². The molecule has 1 unspecified atom stereocenters. The molecule has 1 heterocycles. The van der Waals surface area contributed by atoms with Crippen LogP contribution in [0.2, 0.25) is 0 Å². The van der Waals surface area contributed by atoms with Crippen LogP contribution in [-0.4, -0.2) is 34.8 Å². The van der Waals surface area contributed by atoms with E-state index in [4.69, 9.17) is 0 Å². The molecule has 2 amide bonds. The first kappa shape index (κ1) is 17.0. The first-order valence-electron chi connectivity index (χ1n) is 8.15. The van der Waals surface area contributed by atoms with Gasteiger partial charge in [-0.3, -0.25) is 9.59 Å². The molecule has 4 nitrogen and oxygen atoms in total. The van der Waals surface area contributed by atoms with E-state index in [0.29, 0.717) is 19.4 Å². The second-order valence-electron chi connectivity index (χ2n) is 5.87. The highest BCUT2D eigenvalue weighted by molar-refractivity contribution is 5.99. The predicted octanol–water partition coefficient (Wildman–Crippen LogP) is 2.86. The highest BCUT2D eigenvalue weighted by Gasteiger charge is 2.46. The highest BCUT2D eigenvalue weighted by atomic mass is 16.2. The van der Waals surface area contributed by atoms with E-state index in [1.807, 2.05) is 20.8 Å². The summed E-state index contributed by atoms with van der Waals surface area (Å²) >= 11 is 0. The molecule has 116 valence electrons. The summed E-state index contributed by atoms with van der Waals surface area (Å²) in [5.74, 6) is 0.0898. The number of hydrogen-bond donors (Lipinski definition) is 1. The van der Waals surface area contributed by atoms with Gasteiger partial charge in [0.05, 0.1) is 0 Å². The van der Waals surface area contributed by atoms with Crippen LogP contribution in [0.25, 0.3) is 0 Å². The van der Waals surface area contributed by atoms with E-state index < -0.39 is 5.54 Å². The molecular weight excluding hydrogens is 252 g/mol. The summed E-state index contributed by atoms with van der Waals surface area (Å²) in [5.41, 5.74) is -0.674. The summed E-state index contributed by atoms with van der Waals surface area (Å²) in [5, 5.41) is 2.94. The van der Waals surface area contributed by atoms with Crippen LogP contribution in [-0.2, 0) is 9.59 Å². The summed E-state index contributed by atoms with van der Waals surface area (Å²) < 4.78 is 0. The van der Waals surface area contributed by atoms with Crippen LogP contribution in [0, 0.1) is 0 Å². The maximum Gasteiger partial charge on any atom is 0.248 e. The van der Waals surface area contributed by atoms with Gasteiger partial charge in [-0.05, 0) is 26.2 Å². The minimum absolute atomic E-state index is 0.0122. The minimum atomic E-state index is -0.674. The Hall–Kier alpha value is -1.06. The number of carbonyl (C=O) groups excluding carboxylic acids is 2. The molecule has 1 atom stereocenters. The van der Waals surface area contributed by atoms with Crippen LogP contribution in [0.15, 0.2) is 0 Å². The fourth-order valence-electron chi connectivity index (χ4n) is 2.90. The van der Waals surface area contributed by atoms with Gasteiger partial charge in [-0.25, -0.2) is 0 Å². The minimum Gasteiger partial charge on any atom is -0.340 e. The van der Waals surface area contributed by atoms with Crippen LogP contribution in [0.4, 0.5) is 0 Å². The smallest absolute Gasteiger partial charge is 0.248 e. The molecule has 0 saturated carbocycles. The monoisotopic (exact) mass is 282 g/mol. The molecular formula is C16H30N2O2. The van der Waals surface area contributed by atoms with Gasteiger partial charge in [0.15, 0.2) is 0 Å². The maximum absolute atomic E-state index is 12.7. The molecule has 1 fully saturated rings. The first-order chi connectivity index (χ1) is 9.52. The van der Waals surface area contributed by atoms with Crippen LogP contribution in [0.1, 0.15) is 72.6 Å². The van der Waals surface area contributed by atoms with Crippen molar-refractivity contribution >= 4 is 11.8 Å². The summed E-state index contributed by atoms with van der Waals surface area (Å²) in [6.07, 6.45) is 7.13. The zero-order valence-electron chi connectivity index (χ0n) is 13.5. The largest absolute Gasteiger partial charge is 0.340 e. The van der Waals surface area contributed by atoms with E-state index >= 15 is 0 Å². The standard InChI is InChI=1S/C16H30N2O2/c1-5-8-9-10-11-12-18-13(4)14(19)17-16(6-2,7-3)15(18)20/h13H,5-12H2,1-4H3,(H,17,19). The van der Waals surface area contributed by atoms with Crippen LogP contribution < -0.4 is 5.32 Å². The van der Waals surface area contributed by atoms with Crippen molar-refractivity contribution in [3.05, 3.63) is 0 Å². The molecule has 0 aromatic carbocycles. The molecule has 0 aromatic heterocycles. The van der Waals surface area contributed by atoms with Crippen molar-refractivity contribution in [3.8, 4) is 0 Å². The maximum atomic E-state index is 12.7. The molecule has 0 spiro atoms. The van der Waals surface area contributed by atoms with Gasteiger partial charge in [0, 0.05) is 6.54 Å². The van der Waals surface area contributed by atoms with Crippen molar-refractivity contribution in [1.29, 1.82) is 0 Å². The summed E-state index contributed by atoms with van der Waals surface area (Å²) in [7, 11) is 0. The Balaban J connectivity index is 2.66. The molecule has 1 saturated heterocycles. The van der Waals surface area contributed by atoms with Crippen molar-refractivity contribution in [1.82, 2.24) is 10.2 Å². The number of nitrogens with zero attached hydrogens (tertiary/aromatic N) is 1. The average Bonchev–Trinajstić information content (AvgIpc) is 2.46. The SMILES string of the molecule is CCCCCCCN1C(=O)C(CC)(CC)NC(=O)C1C. The lowest BCUT2D eigenvalue weighted by Gasteiger charge is -2.44. The lowest BCUT2D eigenvalue weighted by atomic mass is 9.87. The summed E-state index contributed by atoms with van der Waals surface area (Å²) in [4.78, 5) is 26.6. The van der Waals surface area contributed by atoms with Crippen LogP contribution >= 0.6 is 0 Å². The molecule has 1 aliphatic rings. The molecule has 1 N–H and O–H groups in total. The number of hydrogen-bond acceptors (Lipinski definition) is 2. The normalized spacial score (nSPS) is 22.0. The van der Waals surface area contributed by atoms with Gasteiger partial charge in [-0.1, -0.05) is 46.5 Å². The van der Waals surface area contributed by atoms with Crippen molar-refractivity contribution in [3.63, 3.8) is 0 Å². The Bertz CT molecular complexity index is 337. The lowest BCUT2D eigenvalue weighted by molar-refractivity contribution is -0.154. The first-order valence-corrected chi connectivity index (χ1v) is 8.15. The molecule has 0 bridgehead atoms. The number of nitrogens with one attached hydrogen (secondary N) is 1. The third kappa shape index (κ3) is 3.53. The fraction of sp³-hybridized carbons (Fsp3) is 0.875. The molecule has 0 aliphatic carbocycles. The number of unbranched alkanes of at least 4 members (excludes halogenated alkanes) is 4. The second-order valence-corrected chi connectivity index (χ2v) is 5.87. The number of rotatable bonds is 8. The molecule has 20 heavy (non-hydrogen) atoms. The summed E-state index contributed by atoms with van der Waals surface area (Å²) in [6, 6.07) is -0.333. The average molecular weight is 282 g/mol. The van der Waals surface area contributed by atoms with E-state index in [0.717, 1.165) is 12.8 Å². The zero-order chi connectivity index (χ0) is 15.2. The third-order valence-corrected chi connectivity index (χ3v) is 4.59. The van der Waals surface area contributed by atoms with Gasteiger partial charge < -0.3 is 10.2 Å². The van der Waals surface area contributed by atoms with E-state index in [1.54, 1.807) is 4.90 Å². The predicted molar refractivity (Wildman–Crippen MR) is 81.4 cm³/mol. The van der Waals surface area contributed by atoms with E-state index in [2.05, 4.69) is 12.2 Å². The number of carbonyl (C=O) groups is 2. The van der Waals surface area contributed by atoms with Gasteiger partial charge in [0.1, 0.15) is 11.6 Å². The lowest BCUT2D eigenvalue weighted by Crippen LogP contribution is -2.69. The summed E-state index contributed by atoms with van der Waals surface area (Å²) in [6.45, 7) is 8.67. The molecule has 0 aromatic rings. The number of piperazine rings is 1. The topological polar surface area (TPSA) is 49.4 Å². The van der Waals surface area contributed by atoms with Gasteiger partial charge in [0.25, 0.3) is 0 Å².